The van der Waals surface area contributed by atoms with Crippen molar-refractivity contribution in [3.8, 4) is 0 Å². The van der Waals surface area contributed by atoms with E-state index in [0.29, 0.717) is 0 Å². The molecule has 1 nitrogen and oxygen atoms in total. The van der Waals surface area contributed by atoms with E-state index in [1.807, 2.05) is 20.8 Å². The second-order valence-electron chi connectivity index (χ2n) is 4.80. The van der Waals surface area contributed by atoms with Gasteiger partial charge in [-0.05, 0) is 11.8 Å². The van der Waals surface area contributed by atoms with Gasteiger partial charge in [-0.15, -0.1) is 0 Å². The van der Waals surface area contributed by atoms with Crippen LogP contribution in [-0.4, -0.2) is 18.8 Å². The summed E-state index contributed by atoms with van der Waals surface area (Å²) in [5.74, 6) is -1.16. The SMILES string of the molecule is CC(C)(C)C1CC(C(F)(F)F)CN1. The third-order valence-corrected chi connectivity index (χ3v) is 2.64. The Kier molecular flexibility index (Phi) is 2.63. The molecule has 1 rings (SSSR count). The first-order valence-electron chi connectivity index (χ1n) is 4.51. The molecule has 1 saturated heterocycles. The highest BCUT2D eigenvalue weighted by atomic mass is 19.4. The summed E-state index contributed by atoms with van der Waals surface area (Å²) in [6.45, 7) is 5.96. The Morgan fingerprint density at radius 2 is 1.69 bits per heavy atom. The molecule has 0 bridgehead atoms. The van der Waals surface area contributed by atoms with Gasteiger partial charge >= 0.3 is 6.18 Å². The summed E-state index contributed by atoms with van der Waals surface area (Å²) in [5.41, 5.74) is -0.0833. The van der Waals surface area contributed by atoms with Crippen LogP contribution in [0.25, 0.3) is 0 Å². The summed E-state index contributed by atoms with van der Waals surface area (Å²) >= 11 is 0. The van der Waals surface area contributed by atoms with Gasteiger partial charge in [0.1, 0.15) is 0 Å². The molecule has 0 radical (unpaired) electrons. The molecule has 0 amide bonds. The molecular weight excluding hydrogens is 179 g/mol. The molecule has 4 heteroatoms. The van der Waals surface area contributed by atoms with Crippen LogP contribution in [0.1, 0.15) is 27.2 Å². The molecule has 2 unspecified atom stereocenters. The van der Waals surface area contributed by atoms with Crippen molar-refractivity contribution in [3.05, 3.63) is 0 Å². The van der Waals surface area contributed by atoms with Crippen LogP contribution in [0.3, 0.4) is 0 Å². The molecule has 0 aliphatic carbocycles. The number of hydrogen-bond donors (Lipinski definition) is 1. The highest BCUT2D eigenvalue weighted by Crippen LogP contribution is 2.37. The Morgan fingerprint density at radius 1 is 1.15 bits per heavy atom. The maximum Gasteiger partial charge on any atom is 0.393 e. The monoisotopic (exact) mass is 195 g/mol. The first kappa shape index (κ1) is 10.8. The minimum atomic E-state index is -4.03. The summed E-state index contributed by atoms with van der Waals surface area (Å²) < 4.78 is 36.8. The summed E-state index contributed by atoms with van der Waals surface area (Å²) in [6, 6.07) is -0.0147. The van der Waals surface area contributed by atoms with E-state index in [-0.39, 0.29) is 24.4 Å². The number of rotatable bonds is 0. The topological polar surface area (TPSA) is 12.0 Å². The molecule has 0 spiro atoms. The smallest absolute Gasteiger partial charge is 0.313 e. The fourth-order valence-corrected chi connectivity index (χ4v) is 1.64. The third kappa shape index (κ3) is 2.59. The molecule has 1 heterocycles. The number of nitrogens with one attached hydrogen (secondary N) is 1. The Labute approximate surface area is 76.7 Å². The lowest BCUT2D eigenvalue weighted by atomic mass is 9.84. The molecule has 1 aliphatic rings. The van der Waals surface area contributed by atoms with Gasteiger partial charge in [0, 0.05) is 12.6 Å². The standard InChI is InChI=1S/C9H16F3N/c1-8(2,3)7-4-6(5-13-7)9(10,11)12/h6-7,13H,4-5H2,1-3H3. The van der Waals surface area contributed by atoms with Crippen molar-refractivity contribution in [1.29, 1.82) is 0 Å². The zero-order valence-electron chi connectivity index (χ0n) is 8.20. The van der Waals surface area contributed by atoms with Crippen molar-refractivity contribution >= 4 is 0 Å². The molecule has 2 atom stereocenters. The van der Waals surface area contributed by atoms with Gasteiger partial charge in [0.2, 0.25) is 0 Å². The second kappa shape index (κ2) is 3.15. The Balaban J connectivity index is 2.55. The van der Waals surface area contributed by atoms with Crippen molar-refractivity contribution in [2.45, 2.75) is 39.4 Å². The number of halogens is 3. The van der Waals surface area contributed by atoms with Gasteiger partial charge in [-0.2, -0.15) is 13.2 Å². The molecular formula is C9H16F3N. The number of hydrogen-bond acceptors (Lipinski definition) is 1. The van der Waals surface area contributed by atoms with Gasteiger partial charge < -0.3 is 5.32 Å². The van der Waals surface area contributed by atoms with E-state index in [1.54, 1.807) is 0 Å². The van der Waals surface area contributed by atoms with Crippen molar-refractivity contribution in [2.24, 2.45) is 11.3 Å². The summed E-state index contributed by atoms with van der Waals surface area (Å²) in [6.07, 6.45) is -3.82. The minimum absolute atomic E-state index is 0.0147. The van der Waals surface area contributed by atoms with Crippen LogP contribution in [0.2, 0.25) is 0 Å². The molecule has 78 valence electrons. The van der Waals surface area contributed by atoms with Crippen molar-refractivity contribution in [1.82, 2.24) is 5.32 Å². The van der Waals surface area contributed by atoms with Gasteiger partial charge in [0.25, 0.3) is 0 Å². The van der Waals surface area contributed by atoms with Gasteiger partial charge in [0.15, 0.2) is 0 Å². The van der Waals surface area contributed by atoms with E-state index < -0.39 is 12.1 Å². The molecule has 0 aromatic heterocycles. The van der Waals surface area contributed by atoms with E-state index >= 15 is 0 Å². The van der Waals surface area contributed by atoms with Crippen LogP contribution in [0.15, 0.2) is 0 Å². The molecule has 0 aromatic rings. The lowest BCUT2D eigenvalue weighted by molar-refractivity contribution is -0.169. The van der Waals surface area contributed by atoms with Crippen molar-refractivity contribution in [3.63, 3.8) is 0 Å². The van der Waals surface area contributed by atoms with Crippen molar-refractivity contribution in [2.75, 3.05) is 6.54 Å². The fourth-order valence-electron chi connectivity index (χ4n) is 1.64. The predicted octanol–water partition coefficient (Wildman–Crippen LogP) is 2.57. The van der Waals surface area contributed by atoms with Gasteiger partial charge in [0.05, 0.1) is 5.92 Å². The van der Waals surface area contributed by atoms with Gasteiger partial charge in [-0.25, -0.2) is 0 Å². The van der Waals surface area contributed by atoms with Crippen LogP contribution in [0, 0.1) is 11.3 Å². The maximum absolute atomic E-state index is 12.3. The van der Waals surface area contributed by atoms with Crippen LogP contribution in [0.4, 0.5) is 13.2 Å². The Hall–Kier alpha value is -0.250. The van der Waals surface area contributed by atoms with Gasteiger partial charge in [-0.3, -0.25) is 0 Å². The lowest BCUT2D eigenvalue weighted by Crippen LogP contribution is -2.34. The predicted molar refractivity (Wildman–Crippen MR) is 45.4 cm³/mol. The summed E-state index contributed by atoms with van der Waals surface area (Å²) in [4.78, 5) is 0. The van der Waals surface area contributed by atoms with Gasteiger partial charge in [-0.1, -0.05) is 20.8 Å². The maximum atomic E-state index is 12.3. The van der Waals surface area contributed by atoms with Crippen LogP contribution in [0.5, 0.6) is 0 Å². The lowest BCUT2D eigenvalue weighted by Gasteiger charge is -2.27. The molecule has 1 fully saturated rings. The van der Waals surface area contributed by atoms with E-state index in [2.05, 4.69) is 5.32 Å². The molecule has 13 heavy (non-hydrogen) atoms. The Morgan fingerprint density at radius 3 is 1.92 bits per heavy atom. The highest BCUT2D eigenvalue weighted by molar-refractivity contribution is 4.91. The summed E-state index contributed by atoms with van der Waals surface area (Å²) in [7, 11) is 0. The molecule has 0 saturated carbocycles. The normalized spacial score (nSPS) is 30.9. The van der Waals surface area contributed by atoms with Crippen molar-refractivity contribution < 1.29 is 13.2 Å². The molecule has 1 aliphatic heterocycles. The zero-order valence-corrected chi connectivity index (χ0v) is 8.20. The zero-order chi connectivity index (χ0) is 10.3. The number of alkyl halides is 3. The quantitative estimate of drug-likeness (QED) is 0.626. The fraction of sp³-hybridized carbons (Fsp3) is 1.00. The molecule has 0 aromatic carbocycles. The first-order valence-corrected chi connectivity index (χ1v) is 4.51. The average Bonchev–Trinajstić information content (AvgIpc) is 2.28. The average molecular weight is 195 g/mol. The first-order chi connectivity index (χ1) is 5.71. The van der Waals surface area contributed by atoms with E-state index in [1.165, 1.54) is 0 Å². The third-order valence-electron chi connectivity index (χ3n) is 2.64. The minimum Gasteiger partial charge on any atom is -0.313 e. The van der Waals surface area contributed by atoms with E-state index in [0.717, 1.165) is 0 Å². The summed E-state index contributed by atoms with van der Waals surface area (Å²) in [5, 5.41) is 2.93. The van der Waals surface area contributed by atoms with E-state index in [4.69, 9.17) is 0 Å². The Bertz CT molecular complexity index is 160. The highest BCUT2D eigenvalue weighted by Gasteiger charge is 2.46. The van der Waals surface area contributed by atoms with E-state index in [9.17, 15) is 13.2 Å². The second-order valence-corrected chi connectivity index (χ2v) is 4.80. The van der Waals surface area contributed by atoms with Crippen LogP contribution < -0.4 is 5.32 Å². The largest absolute Gasteiger partial charge is 0.393 e. The molecule has 1 N–H and O–H groups in total. The van der Waals surface area contributed by atoms with Crippen LogP contribution >= 0.6 is 0 Å². The van der Waals surface area contributed by atoms with Crippen LogP contribution in [-0.2, 0) is 0 Å².